The molecule has 5 aromatic carbocycles. The van der Waals surface area contributed by atoms with Crippen LogP contribution in [0.5, 0.6) is 0 Å². The number of rotatable bonds is 8. The van der Waals surface area contributed by atoms with E-state index in [9.17, 15) is 0 Å². The van der Waals surface area contributed by atoms with E-state index in [2.05, 4.69) is 134 Å². The normalized spacial score (nSPS) is 13.0. The van der Waals surface area contributed by atoms with Crippen LogP contribution in [0.2, 0.25) is 0 Å². The maximum atomic E-state index is 5.93. The maximum absolute atomic E-state index is 5.93. The molecule has 0 bridgehead atoms. The van der Waals surface area contributed by atoms with E-state index in [1.165, 1.54) is 22.7 Å². The first-order chi connectivity index (χ1) is 26.3. The summed E-state index contributed by atoms with van der Waals surface area (Å²) in [4.78, 5) is 17.7. The largest absolute Gasteiger partial charge is 0.501 e. The standard InChI is InChI=1S/C30H26N4.C16H9N2O.Ir/c1-3-13-25(14-4-1)33-23-31(27-17-7-9-19-29(27)33)21-11-12-22-32-24-34(26-15-5-2-6-16-26)30-20-10-8-18-28(30)32;1-2-8-18-14(6-1)12-5-3-4-11-13-10-17-9-7-15(13)19-16(11)12;/h1-10,13,15,17-20,23-24H,11-12,21-22H2;1-4,6-10H;/q-4;-1;. The molecule has 0 N–H and O–H groups in total. The molecular weight excluding hydrogens is 845 g/mol. The van der Waals surface area contributed by atoms with Crippen molar-refractivity contribution in [3.8, 4) is 11.3 Å². The number of hydrogen-bond donors (Lipinski definition) is 0. The Hall–Kier alpha value is -5.95. The molecule has 0 saturated heterocycles. The fourth-order valence-corrected chi connectivity index (χ4v) is 7.01. The van der Waals surface area contributed by atoms with Gasteiger partial charge >= 0.3 is 0 Å². The number of anilines is 6. The molecule has 0 amide bonds. The number of unbranched alkanes of at least 4 members (excludes halogenated alkanes) is 1. The van der Waals surface area contributed by atoms with Crippen molar-refractivity contribution in [1.29, 1.82) is 0 Å². The molecule has 10 rings (SSSR count). The molecule has 3 aromatic heterocycles. The molecule has 8 aromatic rings. The minimum absolute atomic E-state index is 0. The van der Waals surface area contributed by atoms with Crippen LogP contribution in [0, 0.1) is 31.5 Å². The van der Waals surface area contributed by atoms with E-state index >= 15 is 0 Å². The van der Waals surface area contributed by atoms with Crippen LogP contribution in [-0.4, -0.2) is 23.1 Å². The van der Waals surface area contributed by atoms with E-state index < -0.39 is 0 Å². The van der Waals surface area contributed by atoms with Crippen molar-refractivity contribution in [3.63, 3.8) is 0 Å². The van der Waals surface area contributed by atoms with Gasteiger partial charge in [-0.05, 0) is 68.0 Å². The molecule has 0 atom stereocenters. The van der Waals surface area contributed by atoms with Crippen LogP contribution in [0.3, 0.4) is 0 Å². The summed E-state index contributed by atoms with van der Waals surface area (Å²) in [5.74, 6) is 0. The predicted octanol–water partition coefficient (Wildman–Crippen LogP) is 10.8. The first kappa shape index (κ1) is 35.1. The molecule has 7 nitrogen and oxygen atoms in total. The fourth-order valence-electron chi connectivity index (χ4n) is 7.01. The second-order valence-corrected chi connectivity index (χ2v) is 12.8. The Morgan fingerprint density at radius 3 is 1.72 bits per heavy atom. The Morgan fingerprint density at radius 1 is 0.556 bits per heavy atom. The number of aromatic nitrogens is 2. The third-order valence-electron chi connectivity index (χ3n) is 9.52. The van der Waals surface area contributed by atoms with Gasteiger partial charge in [-0.2, -0.15) is 74.0 Å². The van der Waals surface area contributed by atoms with Crippen LogP contribution >= 0.6 is 0 Å². The minimum Gasteiger partial charge on any atom is -0.501 e. The van der Waals surface area contributed by atoms with Gasteiger partial charge in [0, 0.05) is 66.8 Å². The van der Waals surface area contributed by atoms with Crippen molar-refractivity contribution >= 4 is 56.1 Å². The molecule has 0 fully saturated rings. The Balaban J connectivity index is 0.000000175. The summed E-state index contributed by atoms with van der Waals surface area (Å²) in [5.41, 5.74) is 10.5. The van der Waals surface area contributed by atoms with Crippen LogP contribution in [0.4, 0.5) is 34.1 Å². The van der Waals surface area contributed by atoms with Gasteiger partial charge in [0.25, 0.3) is 0 Å². The van der Waals surface area contributed by atoms with E-state index in [1.807, 2.05) is 66.9 Å². The van der Waals surface area contributed by atoms with Gasteiger partial charge in [-0.3, -0.25) is 4.98 Å². The maximum Gasteiger partial charge on any atom is 0.124 e. The first-order valence-corrected chi connectivity index (χ1v) is 17.8. The van der Waals surface area contributed by atoms with E-state index in [0.29, 0.717) is 0 Å². The SMILES string of the molecule is [Ir].[c-]1ccc2c(oc3ccncc32)c1-c1ccccn1.[c-]1ccccc1N1[CH-]N(CCCCN2[CH-]N(c3[c-]cccc3)c3ccccc32)c2ccccc21. The van der Waals surface area contributed by atoms with E-state index in [0.717, 1.165) is 70.5 Å². The van der Waals surface area contributed by atoms with Gasteiger partial charge in [0.2, 0.25) is 0 Å². The molecule has 0 spiro atoms. The number of para-hydroxylation sites is 6. The average Bonchev–Trinajstić information content (AvgIpc) is 3.93. The summed E-state index contributed by atoms with van der Waals surface area (Å²) in [6, 6.07) is 55.0. The predicted molar refractivity (Wildman–Crippen MR) is 214 cm³/mol. The van der Waals surface area contributed by atoms with Crippen molar-refractivity contribution in [3.05, 3.63) is 184 Å². The van der Waals surface area contributed by atoms with Crippen molar-refractivity contribution in [2.24, 2.45) is 0 Å². The number of hydrogen-bond acceptors (Lipinski definition) is 7. The average molecular weight is 880 g/mol. The van der Waals surface area contributed by atoms with E-state index in [-0.39, 0.29) is 20.1 Å². The van der Waals surface area contributed by atoms with Crippen molar-refractivity contribution in [1.82, 2.24) is 9.97 Å². The number of furan rings is 1. The number of nitrogens with zero attached hydrogens (tertiary/aromatic N) is 6. The van der Waals surface area contributed by atoms with Crippen LogP contribution in [0.1, 0.15) is 12.8 Å². The molecule has 2 aliphatic heterocycles. The number of pyridine rings is 2. The van der Waals surface area contributed by atoms with Gasteiger partial charge < -0.3 is 29.0 Å². The fraction of sp³-hybridized carbons (Fsp3) is 0.0870. The first-order valence-electron chi connectivity index (χ1n) is 17.8. The molecule has 0 unspecified atom stereocenters. The quantitative estimate of drug-likeness (QED) is 0.111. The van der Waals surface area contributed by atoms with Crippen LogP contribution in [0.15, 0.2) is 156 Å². The second kappa shape index (κ2) is 16.0. The molecule has 8 heteroatoms. The second-order valence-electron chi connectivity index (χ2n) is 12.8. The zero-order valence-corrected chi connectivity index (χ0v) is 31.7. The van der Waals surface area contributed by atoms with Crippen LogP contribution in [-0.2, 0) is 20.1 Å². The van der Waals surface area contributed by atoms with E-state index in [1.54, 1.807) is 12.4 Å². The van der Waals surface area contributed by atoms with Crippen LogP contribution < -0.4 is 19.6 Å². The van der Waals surface area contributed by atoms with Crippen molar-refractivity contribution in [2.75, 3.05) is 32.7 Å². The number of fused-ring (bicyclic) bond motifs is 5. The Bertz CT molecular complexity index is 2360. The molecule has 0 aliphatic carbocycles. The summed E-state index contributed by atoms with van der Waals surface area (Å²) in [6.45, 7) is 6.37. The van der Waals surface area contributed by atoms with Gasteiger partial charge in [-0.1, -0.05) is 47.3 Å². The summed E-state index contributed by atoms with van der Waals surface area (Å²) in [5, 5.41) is 2.06. The van der Waals surface area contributed by atoms with Gasteiger partial charge in [0.15, 0.2) is 0 Å². The number of benzene rings is 5. The van der Waals surface area contributed by atoms with Gasteiger partial charge in [-0.15, -0.1) is 29.6 Å². The molecule has 2 aliphatic rings. The van der Waals surface area contributed by atoms with Gasteiger partial charge in [-0.25, -0.2) is 0 Å². The van der Waals surface area contributed by atoms with E-state index in [4.69, 9.17) is 4.42 Å². The smallest absolute Gasteiger partial charge is 0.124 e. The Morgan fingerprint density at radius 2 is 1.15 bits per heavy atom. The monoisotopic (exact) mass is 880 g/mol. The summed E-state index contributed by atoms with van der Waals surface area (Å²) >= 11 is 0. The summed E-state index contributed by atoms with van der Waals surface area (Å²) < 4.78 is 5.93. The molecule has 1 radical (unpaired) electrons. The Kier molecular flexibility index (Phi) is 10.4. The molecule has 5 heterocycles. The van der Waals surface area contributed by atoms with Gasteiger partial charge in [0.1, 0.15) is 5.58 Å². The summed E-state index contributed by atoms with van der Waals surface area (Å²) in [7, 11) is 0. The third-order valence-corrected chi connectivity index (χ3v) is 9.52. The van der Waals surface area contributed by atoms with Crippen molar-refractivity contribution < 1.29 is 24.5 Å². The zero-order valence-electron chi connectivity index (χ0n) is 29.3. The van der Waals surface area contributed by atoms with Gasteiger partial charge in [0.05, 0.1) is 5.58 Å². The molecule has 0 saturated carbocycles. The Labute approximate surface area is 329 Å². The third kappa shape index (κ3) is 6.94. The molecule has 269 valence electrons. The molecule has 54 heavy (non-hydrogen) atoms. The topological polar surface area (TPSA) is 51.9 Å². The minimum atomic E-state index is 0. The molecular formula is C46H35IrN6O-5. The van der Waals surface area contributed by atoms with Crippen molar-refractivity contribution in [2.45, 2.75) is 12.8 Å². The zero-order chi connectivity index (χ0) is 35.4. The summed E-state index contributed by atoms with van der Waals surface area (Å²) in [6.07, 6.45) is 7.52. The van der Waals surface area contributed by atoms with Crippen LogP contribution in [0.25, 0.3) is 33.2 Å².